The third kappa shape index (κ3) is 4.46. The summed E-state index contributed by atoms with van der Waals surface area (Å²) < 4.78 is 77.7. The number of rotatable bonds is 4. The van der Waals surface area contributed by atoms with Crippen molar-refractivity contribution in [2.45, 2.75) is 12.4 Å². The Hall–Kier alpha value is -3.31. The smallest absolute Gasteiger partial charge is 0.418 e. The van der Waals surface area contributed by atoms with Crippen LogP contribution in [0.15, 0.2) is 36.4 Å². The molecule has 144 valence electrons. The highest BCUT2D eigenvalue weighted by Crippen LogP contribution is 2.41. The average Bonchev–Trinajstić information content (AvgIpc) is 2.52. The van der Waals surface area contributed by atoms with Crippen molar-refractivity contribution >= 4 is 23.0 Å². The van der Waals surface area contributed by atoms with Crippen LogP contribution >= 0.6 is 0 Å². The maximum atomic E-state index is 13.1. The van der Waals surface area contributed by atoms with Crippen molar-refractivity contribution < 1.29 is 41.2 Å². The molecule has 12 heteroatoms. The van der Waals surface area contributed by atoms with E-state index in [2.05, 4.69) is 0 Å². The topological polar surface area (TPSA) is 92.5 Å². The molecule has 27 heavy (non-hydrogen) atoms. The number of aromatic carboxylic acids is 1. The minimum atomic E-state index is -5.06. The molecule has 0 aliphatic heterocycles. The van der Waals surface area contributed by atoms with Gasteiger partial charge in [-0.3, -0.25) is 10.1 Å². The molecular weight excluding hydrogens is 386 g/mol. The molecule has 0 bridgehead atoms. The summed E-state index contributed by atoms with van der Waals surface area (Å²) >= 11 is 0. The number of carboxylic acids is 1. The number of carbonyl (C=O) groups is 1. The van der Waals surface area contributed by atoms with Crippen molar-refractivity contribution in [1.29, 1.82) is 0 Å². The fourth-order valence-electron chi connectivity index (χ4n) is 2.14. The Balaban J connectivity index is 2.66. The highest BCUT2D eigenvalue weighted by atomic mass is 19.4. The van der Waals surface area contributed by atoms with Crippen molar-refractivity contribution in [2.24, 2.45) is 0 Å². The first kappa shape index (κ1) is 20.0. The third-order valence-electron chi connectivity index (χ3n) is 3.36. The van der Waals surface area contributed by atoms with Gasteiger partial charge in [0.05, 0.1) is 27.3 Å². The normalized spacial score (nSPS) is 11.9. The van der Waals surface area contributed by atoms with E-state index in [-0.39, 0.29) is 18.2 Å². The van der Waals surface area contributed by atoms with Gasteiger partial charge in [-0.1, -0.05) is 0 Å². The molecule has 6 nitrogen and oxygen atoms in total. The number of hydrogen-bond donors (Lipinski definition) is 2. The van der Waals surface area contributed by atoms with Crippen LogP contribution < -0.4 is 5.32 Å². The summed E-state index contributed by atoms with van der Waals surface area (Å²) in [5, 5.41) is 21.8. The van der Waals surface area contributed by atoms with E-state index in [1.54, 1.807) is 0 Å². The first-order chi connectivity index (χ1) is 12.3. The molecule has 0 unspecified atom stereocenters. The van der Waals surface area contributed by atoms with Crippen molar-refractivity contribution in [3.63, 3.8) is 0 Å². The van der Waals surface area contributed by atoms with E-state index in [1.165, 1.54) is 0 Å². The summed E-state index contributed by atoms with van der Waals surface area (Å²) in [7, 11) is 0. The van der Waals surface area contributed by atoms with Crippen LogP contribution in [0.25, 0.3) is 0 Å². The highest BCUT2D eigenvalue weighted by Gasteiger charge is 2.37. The predicted molar refractivity (Wildman–Crippen MR) is 79.8 cm³/mol. The molecule has 0 aliphatic carbocycles. The lowest BCUT2D eigenvalue weighted by atomic mass is 10.1. The molecule has 2 rings (SSSR count). The highest BCUT2D eigenvalue weighted by molar-refractivity contribution is 5.90. The largest absolute Gasteiger partial charge is 0.478 e. The number of benzene rings is 2. The van der Waals surface area contributed by atoms with Gasteiger partial charge >= 0.3 is 18.3 Å². The van der Waals surface area contributed by atoms with Crippen LogP contribution in [0.4, 0.5) is 43.4 Å². The van der Waals surface area contributed by atoms with Crippen molar-refractivity contribution in [3.8, 4) is 0 Å². The van der Waals surface area contributed by atoms with Crippen LogP contribution in [0, 0.1) is 10.1 Å². The number of nitrogens with zero attached hydrogens (tertiary/aromatic N) is 1. The summed E-state index contributed by atoms with van der Waals surface area (Å²) in [6, 6.07) is 2.74. The predicted octanol–water partition coefficient (Wildman–Crippen LogP) is 5.07. The van der Waals surface area contributed by atoms with E-state index in [0.29, 0.717) is 12.1 Å². The fraction of sp³-hybridized carbons (Fsp3) is 0.133. The van der Waals surface area contributed by atoms with Crippen molar-refractivity contribution in [2.75, 3.05) is 5.32 Å². The molecule has 0 amide bonds. The van der Waals surface area contributed by atoms with Gasteiger partial charge in [0.1, 0.15) is 5.69 Å². The molecule has 0 heterocycles. The maximum absolute atomic E-state index is 13.1. The monoisotopic (exact) mass is 394 g/mol. The zero-order chi connectivity index (χ0) is 20.6. The lowest BCUT2D eigenvalue weighted by Crippen LogP contribution is -2.13. The molecule has 0 aromatic heterocycles. The van der Waals surface area contributed by atoms with Crippen LogP contribution in [0.1, 0.15) is 21.5 Å². The Morgan fingerprint density at radius 3 is 2.07 bits per heavy atom. The SMILES string of the molecule is O=C(O)c1ccc([N+](=O)[O-])c(Nc2cc(C(F)(F)F)ccc2C(F)(F)F)c1. The lowest BCUT2D eigenvalue weighted by Gasteiger charge is -2.17. The molecule has 0 saturated carbocycles. The molecule has 0 radical (unpaired) electrons. The minimum Gasteiger partial charge on any atom is -0.478 e. The first-order valence-electron chi connectivity index (χ1n) is 6.88. The number of nitrogens with one attached hydrogen (secondary N) is 1. The van der Waals surface area contributed by atoms with Crippen LogP contribution in [0.3, 0.4) is 0 Å². The zero-order valence-corrected chi connectivity index (χ0v) is 12.9. The number of alkyl halides is 6. The lowest BCUT2D eigenvalue weighted by molar-refractivity contribution is -0.383. The second-order valence-electron chi connectivity index (χ2n) is 5.18. The zero-order valence-electron chi connectivity index (χ0n) is 12.9. The Bertz CT molecular complexity index is 908. The van der Waals surface area contributed by atoms with Crippen LogP contribution in [-0.2, 0) is 12.4 Å². The second-order valence-corrected chi connectivity index (χ2v) is 5.18. The Morgan fingerprint density at radius 2 is 1.59 bits per heavy atom. The van der Waals surface area contributed by atoms with E-state index in [1.807, 2.05) is 5.32 Å². The van der Waals surface area contributed by atoms with Crippen molar-refractivity contribution in [3.05, 3.63) is 63.2 Å². The first-order valence-corrected chi connectivity index (χ1v) is 6.88. The van der Waals surface area contributed by atoms with Gasteiger partial charge in [0.25, 0.3) is 5.69 Å². The molecule has 0 atom stereocenters. The van der Waals surface area contributed by atoms with E-state index in [0.717, 1.165) is 6.07 Å². The molecule has 2 aromatic rings. The Morgan fingerprint density at radius 1 is 0.963 bits per heavy atom. The standard InChI is InChI=1S/C15H8F6N2O4/c16-14(17,18)8-2-3-9(15(19,20)21)10(6-8)22-11-5-7(13(24)25)1-4-12(11)23(26)27/h1-6,22H,(H,24,25). The number of anilines is 2. The van der Waals surface area contributed by atoms with Crippen LogP contribution in [-0.4, -0.2) is 16.0 Å². The van der Waals surface area contributed by atoms with Gasteiger partial charge in [-0.05, 0) is 30.3 Å². The molecule has 0 aliphatic rings. The van der Waals surface area contributed by atoms with Crippen LogP contribution in [0.2, 0.25) is 0 Å². The van der Waals surface area contributed by atoms with Gasteiger partial charge < -0.3 is 10.4 Å². The van der Waals surface area contributed by atoms with E-state index < -0.39 is 57.0 Å². The van der Waals surface area contributed by atoms with Crippen LogP contribution in [0.5, 0.6) is 0 Å². The van der Waals surface area contributed by atoms with Gasteiger partial charge in [-0.15, -0.1) is 0 Å². The average molecular weight is 394 g/mol. The van der Waals surface area contributed by atoms with E-state index in [9.17, 15) is 41.3 Å². The van der Waals surface area contributed by atoms with Gasteiger partial charge in [0.2, 0.25) is 0 Å². The van der Waals surface area contributed by atoms with Crippen molar-refractivity contribution in [1.82, 2.24) is 0 Å². The summed E-state index contributed by atoms with van der Waals surface area (Å²) in [5.74, 6) is -1.53. The Kier molecular flexibility index (Phi) is 5.02. The quantitative estimate of drug-likeness (QED) is 0.429. The molecule has 0 saturated heterocycles. The number of hydrogen-bond acceptors (Lipinski definition) is 4. The number of halogens is 6. The fourth-order valence-corrected chi connectivity index (χ4v) is 2.14. The molecule has 2 aromatic carbocycles. The number of nitro groups is 1. The molecular formula is C15H8F6N2O4. The maximum Gasteiger partial charge on any atom is 0.418 e. The molecule has 0 spiro atoms. The van der Waals surface area contributed by atoms with E-state index in [4.69, 9.17) is 5.11 Å². The third-order valence-corrected chi connectivity index (χ3v) is 3.36. The number of nitro benzene ring substituents is 1. The Labute approximate surface area is 146 Å². The van der Waals surface area contributed by atoms with Gasteiger partial charge in [0.15, 0.2) is 0 Å². The van der Waals surface area contributed by atoms with Gasteiger partial charge in [0, 0.05) is 6.07 Å². The minimum absolute atomic E-state index is 0.139. The van der Waals surface area contributed by atoms with E-state index >= 15 is 0 Å². The van der Waals surface area contributed by atoms with Gasteiger partial charge in [-0.2, -0.15) is 26.3 Å². The molecule has 0 fully saturated rings. The van der Waals surface area contributed by atoms with Gasteiger partial charge in [-0.25, -0.2) is 4.79 Å². The summed E-state index contributed by atoms with van der Waals surface area (Å²) in [6.45, 7) is 0. The second kappa shape index (κ2) is 6.78. The summed E-state index contributed by atoms with van der Waals surface area (Å²) in [6.07, 6.45) is -10.0. The molecule has 2 N–H and O–H groups in total. The summed E-state index contributed by atoms with van der Waals surface area (Å²) in [5.41, 5.74) is -6.07. The number of carboxylic acid groups (broad SMARTS) is 1. The summed E-state index contributed by atoms with van der Waals surface area (Å²) in [4.78, 5) is 21.0.